The van der Waals surface area contributed by atoms with Crippen LogP contribution in [-0.4, -0.2) is 21.8 Å². The predicted octanol–water partition coefficient (Wildman–Crippen LogP) is 3.11. The molecule has 0 saturated carbocycles. The molecule has 1 aromatic rings. The van der Waals surface area contributed by atoms with Gasteiger partial charge in [0.05, 0.1) is 10.6 Å². The molecular weight excluding hydrogens is 279 g/mol. The molecule has 0 aliphatic carbocycles. The van der Waals surface area contributed by atoms with Crippen molar-refractivity contribution in [3.05, 3.63) is 23.9 Å². The fourth-order valence-corrected chi connectivity index (χ4v) is 2.12. The van der Waals surface area contributed by atoms with Crippen LogP contribution in [0.2, 0.25) is 0 Å². The highest BCUT2D eigenvalue weighted by Gasteiger charge is 2.30. The largest absolute Gasteiger partial charge is 0.417 e. The molecule has 0 fully saturated rings. The quantitative estimate of drug-likeness (QED) is 0.211. The normalized spacial score (nSPS) is 12.7. The molecule has 0 radical (unpaired) electrons. The number of hydrogen-bond acceptors (Lipinski definition) is 4. The minimum absolute atomic E-state index is 0.178. The third-order valence-corrected chi connectivity index (χ3v) is 3.30. The second-order valence-electron chi connectivity index (χ2n) is 3.78. The molecule has 8 heteroatoms. The van der Waals surface area contributed by atoms with E-state index in [0.717, 1.165) is 30.9 Å². The van der Waals surface area contributed by atoms with Gasteiger partial charge in [-0.2, -0.15) is 13.2 Å². The molecule has 3 N–H and O–H groups in total. The zero-order valence-electron chi connectivity index (χ0n) is 10.0. The van der Waals surface area contributed by atoms with Crippen LogP contribution < -0.4 is 5.73 Å². The summed E-state index contributed by atoms with van der Waals surface area (Å²) in [5.41, 5.74) is 4.55. The number of nitrogens with two attached hydrogens (primary N) is 1. The van der Waals surface area contributed by atoms with Crippen LogP contribution in [0, 0.1) is 0 Å². The second-order valence-corrected chi connectivity index (χ2v) is 4.89. The molecule has 1 heterocycles. The molecule has 0 aromatic carbocycles. The number of aromatic nitrogens is 1. The zero-order chi connectivity index (χ0) is 14.3. The summed E-state index contributed by atoms with van der Waals surface area (Å²) in [5.74, 6) is 0.898. The van der Waals surface area contributed by atoms with Crippen LogP contribution in [-0.2, 0) is 6.18 Å². The van der Waals surface area contributed by atoms with Crippen LogP contribution in [0.15, 0.2) is 28.5 Å². The molecule has 106 valence electrons. The van der Waals surface area contributed by atoms with Crippen LogP contribution in [0.5, 0.6) is 0 Å². The van der Waals surface area contributed by atoms with E-state index in [1.807, 2.05) is 0 Å². The molecule has 1 aromatic heterocycles. The summed E-state index contributed by atoms with van der Waals surface area (Å²) in [5, 5.41) is 11.7. The number of amidine groups is 1. The Bertz CT molecular complexity index is 420. The van der Waals surface area contributed by atoms with Crippen LogP contribution in [0.25, 0.3) is 0 Å². The number of pyridine rings is 1. The molecular formula is C11H14F3N3OS. The van der Waals surface area contributed by atoms with Gasteiger partial charge in [0.25, 0.3) is 0 Å². The summed E-state index contributed by atoms with van der Waals surface area (Å²) in [6.07, 6.45) is -1.46. The lowest BCUT2D eigenvalue weighted by molar-refractivity contribution is -0.137. The van der Waals surface area contributed by atoms with Gasteiger partial charge in [0.1, 0.15) is 5.84 Å². The number of rotatable bonds is 6. The van der Waals surface area contributed by atoms with E-state index in [4.69, 9.17) is 10.9 Å². The minimum Gasteiger partial charge on any atom is -0.409 e. The van der Waals surface area contributed by atoms with Crippen LogP contribution in [0.4, 0.5) is 13.2 Å². The lowest BCUT2D eigenvalue weighted by Gasteiger charge is -2.06. The number of nitrogens with zero attached hydrogens (tertiary/aromatic N) is 2. The van der Waals surface area contributed by atoms with Crippen molar-refractivity contribution in [2.75, 3.05) is 5.75 Å². The van der Waals surface area contributed by atoms with E-state index in [1.165, 1.54) is 17.8 Å². The van der Waals surface area contributed by atoms with Gasteiger partial charge in [-0.25, -0.2) is 4.98 Å². The first-order chi connectivity index (χ1) is 8.93. The monoisotopic (exact) mass is 293 g/mol. The third-order valence-electron chi connectivity index (χ3n) is 2.27. The average Bonchev–Trinajstić information content (AvgIpc) is 2.37. The first-order valence-corrected chi connectivity index (χ1v) is 6.54. The molecule has 19 heavy (non-hydrogen) atoms. The Morgan fingerprint density at radius 3 is 2.63 bits per heavy atom. The van der Waals surface area contributed by atoms with Crippen molar-refractivity contribution in [1.29, 1.82) is 0 Å². The number of unbranched alkanes of at least 4 members (excludes halogenated alkanes) is 1. The Hall–Kier alpha value is -1.44. The predicted molar refractivity (Wildman–Crippen MR) is 67.2 cm³/mol. The Labute approximate surface area is 112 Å². The molecule has 0 amide bonds. The van der Waals surface area contributed by atoms with Crippen molar-refractivity contribution in [1.82, 2.24) is 4.98 Å². The van der Waals surface area contributed by atoms with E-state index < -0.39 is 11.7 Å². The van der Waals surface area contributed by atoms with Crippen molar-refractivity contribution in [3.8, 4) is 0 Å². The zero-order valence-corrected chi connectivity index (χ0v) is 10.8. The van der Waals surface area contributed by atoms with Gasteiger partial charge in [-0.3, -0.25) is 0 Å². The minimum atomic E-state index is -4.35. The van der Waals surface area contributed by atoms with Gasteiger partial charge in [-0.1, -0.05) is 5.16 Å². The lowest BCUT2D eigenvalue weighted by atomic mass is 10.2. The Morgan fingerprint density at radius 1 is 1.37 bits per heavy atom. The summed E-state index contributed by atoms with van der Waals surface area (Å²) in [7, 11) is 0. The van der Waals surface area contributed by atoms with E-state index in [-0.39, 0.29) is 5.84 Å². The molecule has 0 atom stereocenters. The van der Waals surface area contributed by atoms with Gasteiger partial charge in [0.2, 0.25) is 0 Å². The molecule has 0 aliphatic rings. The van der Waals surface area contributed by atoms with Gasteiger partial charge in [0, 0.05) is 12.6 Å². The standard InChI is InChI=1S/C11H14F3N3OS/c12-11(13,14)8-4-5-10(16-7-8)19-6-2-1-3-9(15)17-18/h4-5,7,18H,1-3,6H2,(H2,15,17). The van der Waals surface area contributed by atoms with Crippen LogP contribution in [0.1, 0.15) is 24.8 Å². The highest BCUT2D eigenvalue weighted by molar-refractivity contribution is 7.99. The summed E-state index contributed by atoms with van der Waals surface area (Å²) in [4.78, 5) is 3.75. The SMILES string of the molecule is N/C(CCCCSc1ccc(C(F)(F)F)cn1)=N/O. The van der Waals surface area contributed by atoms with E-state index in [1.54, 1.807) is 0 Å². The van der Waals surface area contributed by atoms with Crippen molar-refractivity contribution in [2.24, 2.45) is 10.9 Å². The number of halogens is 3. The fourth-order valence-electron chi connectivity index (χ4n) is 1.27. The molecule has 0 bridgehead atoms. The highest BCUT2D eigenvalue weighted by atomic mass is 32.2. The Kier molecular flexibility index (Phi) is 5.94. The van der Waals surface area contributed by atoms with E-state index in [9.17, 15) is 13.2 Å². The molecule has 0 spiro atoms. The molecule has 0 unspecified atom stereocenters. The van der Waals surface area contributed by atoms with Gasteiger partial charge < -0.3 is 10.9 Å². The van der Waals surface area contributed by atoms with E-state index in [0.29, 0.717) is 11.4 Å². The summed E-state index contributed by atoms with van der Waals surface area (Å²) < 4.78 is 36.9. The average molecular weight is 293 g/mol. The second kappa shape index (κ2) is 7.22. The fraction of sp³-hybridized carbons (Fsp3) is 0.455. The van der Waals surface area contributed by atoms with E-state index in [2.05, 4.69) is 10.1 Å². The first kappa shape index (κ1) is 15.6. The summed E-state index contributed by atoms with van der Waals surface area (Å²) >= 11 is 1.38. The number of oxime groups is 1. The van der Waals surface area contributed by atoms with Crippen molar-refractivity contribution < 1.29 is 18.4 Å². The van der Waals surface area contributed by atoms with Gasteiger partial charge in [-0.05, 0) is 30.7 Å². The third kappa shape index (κ3) is 5.82. The highest BCUT2D eigenvalue weighted by Crippen LogP contribution is 2.29. The molecule has 1 rings (SSSR count). The Morgan fingerprint density at radius 2 is 2.11 bits per heavy atom. The van der Waals surface area contributed by atoms with Crippen molar-refractivity contribution in [3.63, 3.8) is 0 Å². The number of hydrogen-bond donors (Lipinski definition) is 2. The van der Waals surface area contributed by atoms with Crippen molar-refractivity contribution in [2.45, 2.75) is 30.5 Å². The maximum Gasteiger partial charge on any atom is 0.417 e. The van der Waals surface area contributed by atoms with Crippen LogP contribution >= 0.6 is 11.8 Å². The first-order valence-electron chi connectivity index (χ1n) is 5.56. The Balaban J connectivity index is 2.31. The molecule has 0 saturated heterocycles. The summed E-state index contributed by atoms with van der Waals surface area (Å²) in [6, 6.07) is 2.38. The number of alkyl halides is 3. The maximum absolute atomic E-state index is 12.3. The number of thioether (sulfide) groups is 1. The molecule has 4 nitrogen and oxygen atoms in total. The van der Waals surface area contributed by atoms with Gasteiger partial charge in [-0.15, -0.1) is 11.8 Å². The molecule has 0 aliphatic heterocycles. The smallest absolute Gasteiger partial charge is 0.409 e. The van der Waals surface area contributed by atoms with Gasteiger partial charge in [0.15, 0.2) is 0 Å². The van der Waals surface area contributed by atoms with E-state index >= 15 is 0 Å². The maximum atomic E-state index is 12.3. The topological polar surface area (TPSA) is 71.5 Å². The van der Waals surface area contributed by atoms with Crippen LogP contribution in [0.3, 0.4) is 0 Å². The lowest BCUT2D eigenvalue weighted by Crippen LogP contribution is -2.10. The van der Waals surface area contributed by atoms with Gasteiger partial charge >= 0.3 is 6.18 Å². The van der Waals surface area contributed by atoms with Crippen molar-refractivity contribution >= 4 is 17.6 Å². The summed E-state index contributed by atoms with van der Waals surface area (Å²) in [6.45, 7) is 0.